The maximum atomic E-state index is 15.5. The zero-order chi connectivity index (χ0) is 31.3. The number of fused-ring (bicyclic) bond motifs is 1. The van der Waals surface area contributed by atoms with E-state index in [1.807, 2.05) is 0 Å². The number of anilines is 2. The van der Waals surface area contributed by atoms with Crippen molar-refractivity contribution in [3.63, 3.8) is 0 Å². The predicted octanol–water partition coefficient (Wildman–Crippen LogP) is 6.00. The largest absolute Gasteiger partial charge is 0.395 e. The first kappa shape index (κ1) is 29.8. The number of carbonyl (C=O) groups excluding carboxylic acids is 1. The van der Waals surface area contributed by atoms with Crippen LogP contribution in [0.5, 0.6) is 0 Å². The van der Waals surface area contributed by atoms with Crippen molar-refractivity contribution in [1.29, 1.82) is 0 Å². The quantitative estimate of drug-likeness (QED) is 0.349. The van der Waals surface area contributed by atoms with Gasteiger partial charge in [0.2, 0.25) is 0 Å². The fourth-order valence-electron chi connectivity index (χ4n) is 7.40. The zero-order valence-corrected chi connectivity index (χ0v) is 25.9. The molecule has 2 aromatic carbocycles. The second-order valence-electron chi connectivity index (χ2n) is 13.3. The number of aliphatic hydroxyl groups is 1. The van der Waals surface area contributed by atoms with Crippen LogP contribution in [0.3, 0.4) is 0 Å². The molecule has 45 heavy (non-hydrogen) atoms. The maximum Gasteiger partial charge on any atom is 0.324 e. The van der Waals surface area contributed by atoms with Crippen LogP contribution in [0, 0.1) is 29.4 Å². The van der Waals surface area contributed by atoms with Gasteiger partial charge < -0.3 is 19.7 Å². The standard InChI is InChI=1S/C34H40F2N6O3/c1-21-7-10-34(2,24-4-5-24)45-39-30(21)22-8-11-40(12-9-22)32-27-19-25(35)18-26(31(27)37-20-38-32)23-3-6-29(28(36)17-23)42-14-13-41(15-16-43)33(42)44/h3,6,17-22,24,43H,4-5,7-16H2,1-2H3. The van der Waals surface area contributed by atoms with Gasteiger partial charge in [-0.05, 0) is 81.2 Å². The monoisotopic (exact) mass is 618 g/mol. The van der Waals surface area contributed by atoms with E-state index in [9.17, 15) is 9.90 Å². The fraction of sp³-hybridized carbons (Fsp3) is 0.529. The molecule has 9 nitrogen and oxygen atoms in total. The molecular weight excluding hydrogens is 578 g/mol. The Morgan fingerprint density at radius 1 is 1.02 bits per heavy atom. The highest BCUT2D eigenvalue weighted by molar-refractivity contribution is 6.00. The first-order chi connectivity index (χ1) is 21.8. The lowest BCUT2D eigenvalue weighted by Crippen LogP contribution is -2.38. The Hall–Kier alpha value is -3.86. The molecule has 2 saturated heterocycles. The van der Waals surface area contributed by atoms with Gasteiger partial charge in [-0.1, -0.05) is 18.1 Å². The van der Waals surface area contributed by atoms with Crippen LogP contribution in [0.2, 0.25) is 0 Å². The van der Waals surface area contributed by atoms with Crippen LogP contribution in [0.4, 0.5) is 25.1 Å². The summed E-state index contributed by atoms with van der Waals surface area (Å²) in [5, 5.41) is 14.5. The van der Waals surface area contributed by atoms with E-state index < -0.39 is 11.6 Å². The lowest BCUT2D eigenvalue weighted by atomic mass is 9.82. The van der Waals surface area contributed by atoms with Crippen molar-refractivity contribution >= 4 is 34.2 Å². The first-order valence-corrected chi connectivity index (χ1v) is 16.2. The Bertz CT molecular complexity index is 1640. The summed E-state index contributed by atoms with van der Waals surface area (Å²) in [4.78, 5) is 33.0. The smallest absolute Gasteiger partial charge is 0.324 e. The summed E-state index contributed by atoms with van der Waals surface area (Å²) in [6.45, 7) is 6.75. The number of nitrogens with zero attached hydrogens (tertiary/aromatic N) is 6. The molecule has 2 atom stereocenters. The van der Waals surface area contributed by atoms with Crippen molar-refractivity contribution < 1.29 is 23.5 Å². The number of rotatable bonds is 7. The molecule has 11 heteroatoms. The third-order valence-corrected chi connectivity index (χ3v) is 10.3. The van der Waals surface area contributed by atoms with Gasteiger partial charge in [0.25, 0.3) is 0 Å². The number of hydrogen-bond acceptors (Lipinski definition) is 7. The third kappa shape index (κ3) is 5.60. The summed E-state index contributed by atoms with van der Waals surface area (Å²) >= 11 is 0. The Labute approximate surface area is 261 Å². The van der Waals surface area contributed by atoms with Gasteiger partial charge >= 0.3 is 6.03 Å². The molecule has 2 unspecified atom stereocenters. The molecule has 1 saturated carbocycles. The lowest BCUT2D eigenvalue weighted by molar-refractivity contribution is -0.0499. The minimum Gasteiger partial charge on any atom is -0.395 e. The van der Waals surface area contributed by atoms with Crippen LogP contribution < -0.4 is 9.80 Å². The van der Waals surface area contributed by atoms with E-state index in [1.54, 1.807) is 12.1 Å². The second kappa shape index (κ2) is 11.8. The van der Waals surface area contributed by atoms with Gasteiger partial charge in [0.05, 0.1) is 23.5 Å². The highest BCUT2D eigenvalue weighted by Crippen LogP contribution is 2.46. The molecule has 0 bridgehead atoms. The van der Waals surface area contributed by atoms with Gasteiger partial charge in [-0.15, -0.1) is 0 Å². The Morgan fingerprint density at radius 2 is 1.82 bits per heavy atom. The highest BCUT2D eigenvalue weighted by atomic mass is 19.1. The molecule has 0 spiro atoms. The maximum absolute atomic E-state index is 15.5. The van der Waals surface area contributed by atoms with Crippen molar-refractivity contribution in [2.45, 2.75) is 58.0 Å². The Morgan fingerprint density at radius 3 is 2.56 bits per heavy atom. The van der Waals surface area contributed by atoms with Gasteiger partial charge in [-0.25, -0.2) is 23.5 Å². The average molecular weight is 619 g/mol. The molecule has 238 valence electrons. The normalized spacial score (nSPS) is 24.6. The minimum absolute atomic E-state index is 0.144. The van der Waals surface area contributed by atoms with Crippen LogP contribution in [-0.2, 0) is 4.84 Å². The number of aromatic nitrogens is 2. The van der Waals surface area contributed by atoms with Gasteiger partial charge in [0.1, 0.15) is 29.4 Å². The molecule has 1 N–H and O–H groups in total. The van der Waals surface area contributed by atoms with Crippen LogP contribution in [0.1, 0.15) is 52.4 Å². The van der Waals surface area contributed by atoms with E-state index in [0.717, 1.165) is 38.8 Å². The number of oxime groups is 1. The summed E-state index contributed by atoms with van der Waals surface area (Å²) in [5.41, 5.74) is 2.63. The van der Waals surface area contributed by atoms with E-state index in [4.69, 9.17) is 9.99 Å². The Kier molecular flexibility index (Phi) is 7.83. The summed E-state index contributed by atoms with van der Waals surface area (Å²) < 4.78 is 30.6. The van der Waals surface area contributed by atoms with E-state index >= 15 is 8.78 Å². The summed E-state index contributed by atoms with van der Waals surface area (Å²) in [6, 6.07) is 7.02. The van der Waals surface area contributed by atoms with Gasteiger partial charge in [0, 0.05) is 55.5 Å². The number of piperidine rings is 1. The number of halogens is 2. The van der Waals surface area contributed by atoms with Crippen molar-refractivity contribution in [1.82, 2.24) is 14.9 Å². The number of aliphatic hydroxyl groups excluding tert-OH is 1. The molecule has 4 aliphatic rings. The molecule has 3 aliphatic heterocycles. The number of β-amino-alcohol motifs (C(OH)–C–C–N with tert-alkyl or cyclic N) is 1. The van der Waals surface area contributed by atoms with Crippen LogP contribution in [-0.4, -0.2) is 76.6 Å². The van der Waals surface area contributed by atoms with Crippen molar-refractivity contribution in [2.24, 2.45) is 22.9 Å². The molecule has 0 radical (unpaired) electrons. The summed E-state index contributed by atoms with van der Waals surface area (Å²) in [5.74, 6) is 0.957. The van der Waals surface area contributed by atoms with Gasteiger partial charge in [-0.3, -0.25) is 4.90 Å². The van der Waals surface area contributed by atoms with E-state index in [0.29, 0.717) is 58.7 Å². The van der Waals surface area contributed by atoms with E-state index in [-0.39, 0.29) is 30.5 Å². The number of hydrogen-bond donors (Lipinski definition) is 1. The van der Waals surface area contributed by atoms with Gasteiger partial charge in [-0.2, -0.15) is 0 Å². The van der Waals surface area contributed by atoms with Crippen molar-refractivity contribution in [3.05, 3.63) is 48.3 Å². The SMILES string of the molecule is CC1CCC(C)(C2CC2)ON=C1C1CCN(c2ncnc3c(-c4ccc(N5CCN(CCO)C5=O)c(F)c4)cc(F)cc23)CC1. The van der Waals surface area contributed by atoms with E-state index in [2.05, 4.69) is 28.7 Å². The summed E-state index contributed by atoms with van der Waals surface area (Å²) in [6.07, 6.45) is 7.87. The molecule has 7 rings (SSSR count). The van der Waals surface area contributed by atoms with Crippen LogP contribution >= 0.6 is 0 Å². The Balaban J connectivity index is 1.12. The average Bonchev–Trinajstić information content (AvgIpc) is 3.86. The van der Waals surface area contributed by atoms with Gasteiger partial charge in [0.15, 0.2) is 0 Å². The second-order valence-corrected chi connectivity index (χ2v) is 13.3. The first-order valence-electron chi connectivity index (χ1n) is 16.2. The molecule has 3 aromatic rings. The predicted molar refractivity (Wildman–Crippen MR) is 169 cm³/mol. The molecule has 4 heterocycles. The van der Waals surface area contributed by atoms with E-state index in [1.165, 1.54) is 52.9 Å². The highest BCUT2D eigenvalue weighted by Gasteiger charge is 2.46. The minimum atomic E-state index is -0.586. The number of carbonyl (C=O) groups is 1. The van der Waals surface area contributed by atoms with Crippen molar-refractivity contribution in [3.8, 4) is 11.1 Å². The molecule has 2 amide bonds. The third-order valence-electron chi connectivity index (χ3n) is 10.3. The molecule has 1 aromatic heterocycles. The topological polar surface area (TPSA) is 94.4 Å². The molecule has 3 fully saturated rings. The lowest BCUT2D eigenvalue weighted by Gasteiger charge is -2.34. The fourth-order valence-corrected chi connectivity index (χ4v) is 7.40. The van der Waals surface area contributed by atoms with Crippen LogP contribution in [0.25, 0.3) is 22.0 Å². The number of benzene rings is 2. The number of urea groups is 1. The number of amides is 2. The molecule has 1 aliphatic carbocycles. The van der Waals surface area contributed by atoms with Crippen LogP contribution in [0.15, 0.2) is 41.8 Å². The summed E-state index contributed by atoms with van der Waals surface area (Å²) in [7, 11) is 0. The zero-order valence-electron chi connectivity index (χ0n) is 25.9. The van der Waals surface area contributed by atoms with Crippen molar-refractivity contribution in [2.75, 3.05) is 49.1 Å². The molecular formula is C34H40F2N6O3.